The Morgan fingerprint density at radius 2 is 1.61 bits per heavy atom. The first-order valence-electron chi connectivity index (χ1n) is 9.06. The molecule has 1 aromatic carbocycles. The molecule has 5 rings (SSSR count). The Hall–Kier alpha value is -3.73. The fraction of sp³-hybridized carbons (Fsp3) is 0.0870. The number of aromatic nitrogens is 4. The summed E-state index contributed by atoms with van der Waals surface area (Å²) in [5, 5.41) is 2.01. The highest BCUT2D eigenvalue weighted by molar-refractivity contribution is 6.03. The summed E-state index contributed by atoms with van der Waals surface area (Å²) in [6.45, 7) is 1.58. The van der Waals surface area contributed by atoms with Crippen LogP contribution in [0.3, 0.4) is 0 Å². The summed E-state index contributed by atoms with van der Waals surface area (Å²) in [5.74, 6) is 0.0970. The molecule has 0 fully saturated rings. The van der Waals surface area contributed by atoms with E-state index in [2.05, 4.69) is 21.0 Å². The van der Waals surface area contributed by atoms with Gasteiger partial charge in [-0.1, -0.05) is 18.2 Å². The summed E-state index contributed by atoms with van der Waals surface area (Å²) in [5.41, 5.74) is 6.09. The Balaban J connectivity index is 1.65. The zero-order valence-corrected chi connectivity index (χ0v) is 15.3. The van der Waals surface area contributed by atoms with Gasteiger partial charge in [-0.25, -0.2) is 0 Å². The van der Waals surface area contributed by atoms with E-state index >= 15 is 0 Å². The predicted molar refractivity (Wildman–Crippen MR) is 110 cm³/mol. The van der Waals surface area contributed by atoms with Crippen molar-refractivity contribution in [2.75, 3.05) is 0 Å². The lowest BCUT2D eigenvalue weighted by molar-refractivity contribution is -0.116. The van der Waals surface area contributed by atoms with Gasteiger partial charge in [0.15, 0.2) is 0 Å². The van der Waals surface area contributed by atoms with Gasteiger partial charge in [0.2, 0.25) is 0 Å². The lowest BCUT2D eigenvalue weighted by Gasteiger charge is -2.07. The third-order valence-electron chi connectivity index (χ3n) is 4.78. The molecular weight excluding hydrogens is 348 g/mol. The first-order valence-corrected chi connectivity index (χ1v) is 9.06. The zero-order chi connectivity index (χ0) is 19.1. The third-order valence-corrected chi connectivity index (χ3v) is 4.78. The van der Waals surface area contributed by atoms with Gasteiger partial charge in [-0.05, 0) is 37.3 Å². The first-order chi connectivity index (χ1) is 13.7. The van der Waals surface area contributed by atoms with E-state index in [-0.39, 0.29) is 5.78 Å². The number of carbonyl (C=O) groups is 1. The quantitative estimate of drug-likeness (QED) is 0.440. The van der Waals surface area contributed by atoms with E-state index < -0.39 is 0 Å². The van der Waals surface area contributed by atoms with Crippen LogP contribution in [0.1, 0.15) is 12.6 Å². The summed E-state index contributed by atoms with van der Waals surface area (Å²) in [7, 11) is 0. The normalized spacial score (nSPS) is 11.3. The number of hydrogen-bond acceptors (Lipinski definition) is 5. The van der Waals surface area contributed by atoms with Gasteiger partial charge in [0.05, 0.1) is 22.1 Å². The monoisotopic (exact) mass is 364 g/mol. The Labute approximate surface area is 161 Å². The molecule has 0 atom stereocenters. The van der Waals surface area contributed by atoms with Gasteiger partial charge < -0.3 is 0 Å². The fourth-order valence-corrected chi connectivity index (χ4v) is 3.44. The van der Waals surface area contributed by atoms with Gasteiger partial charge in [-0.3, -0.25) is 24.7 Å². The largest absolute Gasteiger partial charge is 0.300 e. The maximum Gasteiger partial charge on any atom is 0.135 e. The minimum absolute atomic E-state index is 0.0970. The van der Waals surface area contributed by atoms with Crippen LogP contribution in [0.15, 0.2) is 67.1 Å². The van der Waals surface area contributed by atoms with Crippen LogP contribution in [0.5, 0.6) is 0 Å². The summed E-state index contributed by atoms with van der Waals surface area (Å²) < 4.78 is 0. The molecule has 134 valence electrons. The smallest absolute Gasteiger partial charge is 0.135 e. The second kappa shape index (κ2) is 6.46. The number of fused-ring (bicyclic) bond motifs is 4. The maximum absolute atomic E-state index is 11.4. The standard InChI is InChI=1S/C23H16N4O/c1-14(28)9-19-7-6-15-4-5-16-10-17(13-26-22(16)23(15)27-19)18-11-21-20(25-12-18)3-2-8-24-21/h2-8,10-13H,9H2,1H3. The highest BCUT2D eigenvalue weighted by atomic mass is 16.1. The lowest BCUT2D eigenvalue weighted by atomic mass is 10.0. The molecular formula is C23H16N4O. The Morgan fingerprint density at radius 3 is 2.50 bits per heavy atom. The van der Waals surface area contributed by atoms with Crippen molar-refractivity contribution in [1.82, 2.24) is 19.9 Å². The van der Waals surface area contributed by atoms with Crippen LogP contribution in [0.4, 0.5) is 0 Å². The van der Waals surface area contributed by atoms with Crippen molar-refractivity contribution in [3.05, 3.63) is 72.8 Å². The molecule has 5 aromatic rings. The Bertz CT molecular complexity index is 1380. The SMILES string of the molecule is CC(=O)Cc1ccc2ccc3cc(-c4cnc5cccnc5c4)cnc3c2n1. The van der Waals surface area contributed by atoms with Crippen LogP contribution in [0, 0.1) is 0 Å². The third kappa shape index (κ3) is 2.87. The molecule has 0 bridgehead atoms. The van der Waals surface area contributed by atoms with E-state index in [4.69, 9.17) is 4.98 Å². The molecule has 28 heavy (non-hydrogen) atoms. The van der Waals surface area contributed by atoms with Crippen LogP contribution in [0.2, 0.25) is 0 Å². The van der Waals surface area contributed by atoms with Gasteiger partial charge in [0.1, 0.15) is 5.78 Å². The molecule has 4 heterocycles. The van der Waals surface area contributed by atoms with E-state index in [0.29, 0.717) is 6.42 Å². The molecule has 0 saturated heterocycles. The molecule has 4 aromatic heterocycles. The number of hydrogen-bond donors (Lipinski definition) is 0. The van der Waals surface area contributed by atoms with E-state index in [0.717, 1.165) is 49.7 Å². The maximum atomic E-state index is 11.4. The number of Topliss-reactive ketones (excluding diaryl/α,β-unsaturated/α-hetero) is 1. The number of pyridine rings is 4. The summed E-state index contributed by atoms with van der Waals surface area (Å²) >= 11 is 0. The predicted octanol–water partition coefficient (Wildman–Crippen LogP) is 4.52. The number of benzene rings is 1. The molecule has 5 nitrogen and oxygen atoms in total. The summed E-state index contributed by atoms with van der Waals surface area (Å²) in [6.07, 6.45) is 5.78. The van der Waals surface area contributed by atoms with Crippen LogP contribution >= 0.6 is 0 Å². The second-order valence-corrected chi connectivity index (χ2v) is 6.88. The van der Waals surface area contributed by atoms with Crippen LogP contribution in [-0.2, 0) is 11.2 Å². The van der Waals surface area contributed by atoms with Gasteiger partial charge in [0, 0.05) is 52.6 Å². The summed E-state index contributed by atoms with van der Waals surface area (Å²) in [6, 6.07) is 15.9. The molecule has 0 saturated carbocycles. The van der Waals surface area contributed by atoms with Crippen molar-refractivity contribution >= 4 is 38.6 Å². The molecule has 0 unspecified atom stereocenters. The molecule has 0 spiro atoms. The van der Waals surface area contributed by atoms with E-state index in [1.54, 1.807) is 13.1 Å². The second-order valence-electron chi connectivity index (χ2n) is 6.88. The minimum atomic E-state index is 0.0970. The van der Waals surface area contributed by atoms with Gasteiger partial charge in [-0.2, -0.15) is 0 Å². The van der Waals surface area contributed by atoms with Crippen molar-refractivity contribution in [2.24, 2.45) is 0 Å². The van der Waals surface area contributed by atoms with Crippen molar-refractivity contribution in [3.8, 4) is 11.1 Å². The highest BCUT2D eigenvalue weighted by Gasteiger charge is 2.09. The molecule has 0 aliphatic carbocycles. The zero-order valence-electron chi connectivity index (χ0n) is 15.3. The molecule has 5 heteroatoms. The van der Waals surface area contributed by atoms with Crippen molar-refractivity contribution in [3.63, 3.8) is 0 Å². The number of ketones is 1. The lowest BCUT2D eigenvalue weighted by Crippen LogP contribution is -1.99. The Morgan fingerprint density at radius 1 is 0.821 bits per heavy atom. The fourth-order valence-electron chi connectivity index (χ4n) is 3.44. The average Bonchev–Trinajstić information content (AvgIpc) is 2.72. The summed E-state index contributed by atoms with van der Waals surface area (Å²) in [4.78, 5) is 29.7. The topological polar surface area (TPSA) is 68.6 Å². The molecule has 0 aliphatic heterocycles. The number of nitrogens with zero attached hydrogens (tertiary/aromatic N) is 4. The van der Waals surface area contributed by atoms with E-state index in [9.17, 15) is 4.79 Å². The van der Waals surface area contributed by atoms with Crippen molar-refractivity contribution in [2.45, 2.75) is 13.3 Å². The highest BCUT2D eigenvalue weighted by Crippen LogP contribution is 2.28. The van der Waals surface area contributed by atoms with Gasteiger partial charge in [0.25, 0.3) is 0 Å². The first kappa shape index (κ1) is 16.4. The average molecular weight is 364 g/mol. The van der Waals surface area contributed by atoms with Crippen molar-refractivity contribution in [1.29, 1.82) is 0 Å². The van der Waals surface area contributed by atoms with Crippen LogP contribution in [0.25, 0.3) is 44.0 Å². The van der Waals surface area contributed by atoms with E-state index in [1.807, 2.05) is 54.9 Å². The molecule has 0 amide bonds. The minimum Gasteiger partial charge on any atom is -0.300 e. The van der Waals surface area contributed by atoms with Crippen molar-refractivity contribution < 1.29 is 4.79 Å². The van der Waals surface area contributed by atoms with Crippen LogP contribution in [-0.4, -0.2) is 25.7 Å². The van der Waals surface area contributed by atoms with Crippen LogP contribution < -0.4 is 0 Å². The molecule has 0 aliphatic rings. The molecule has 0 N–H and O–H groups in total. The number of carbonyl (C=O) groups excluding carboxylic acids is 1. The van der Waals surface area contributed by atoms with Gasteiger partial charge in [-0.15, -0.1) is 0 Å². The molecule has 0 radical (unpaired) electrons. The number of rotatable bonds is 3. The van der Waals surface area contributed by atoms with Gasteiger partial charge >= 0.3 is 0 Å². The Kier molecular flexibility index (Phi) is 3.79. The van der Waals surface area contributed by atoms with E-state index in [1.165, 1.54) is 0 Å².